The molecule has 0 spiro atoms. The summed E-state index contributed by atoms with van der Waals surface area (Å²) in [4.78, 5) is 30.4. The zero-order chi connectivity index (χ0) is 43.5. The first-order chi connectivity index (χ1) is 28.5. The van der Waals surface area contributed by atoms with E-state index in [-0.39, 0.29) is 27.4 Å². The van der Waals surface area contributed by atoms with Gasteiger partial charge in [0.05, 0.1) is 27.9 Å². The van der Waals surface area contributed by atoms with Crippen LogP contribution in [0.5, 0.6) is 0 Å². The van der Waals surface area contributed by atoms with Gasteiger partial charge in [-0.2, -0.15) is 16.8 Å². The molecule has 5 aromatic rings. The van der Waals surface area contributed by atoms with Gasteiger partial charge in [0.25, 0.3) is 26.1 Å². The Morgan fingerprint density at radius 3 is 1.85 bits per heavy atom. The molecule has 18 heteroatoms. The minimum Gasteiger partial charge on any atom is -0.340 e. The summed E-state index contributed by atoms with van der Waals surface area (Å²) in [6.07, 6.45) is 5.65. The van der Waals surface area contributed by atoms with Crippen LogP contribution in [-0.4, -0.2) is 114 Å². The smallest absolute Gasteiger partial charge is 0.294 e. The van der Waals surface area contributed by atoms with Gasteiger partial charge in [0.15, 0.2) is 0 Å². The largest absolute Gasteiger partial charge is 0.340 e. The molecular formula is C42H50FN7O8S2. The van der Waals surface area contributed by atoms with Crippen LogP contribution in [0.15, 0.2) is 119 Å². The average molecular weight is 864 g/mol. The Bertz CT molecular complexity index is 2300. The standard InChI is InChI=1S/C28H34FN7O2.2C7H8O3S/c1-34-15-17-35(18-16-34)28(38)25(3-2-12-30-26-19-24(26)20-4-8-22(29)9-5-20)32-27(37)21-6-10-23(11-7-21)36-14-13-31-33-36;2*1-6-2-4-7(5-3-6)11(8,9)10/h4-11,13-14,24-26,30H,2-3,12,15-19H2,1H3,(H,32,37);2*2-5H,1H3,(H,8,9,10). The lowest BCUT2D eigenvalue weighted by atomic mass is 10.1. The van der Waals surface area contributed by atoms with E-state index in [0.29, 0.717) is 37.0 Å². The third-order valence-electron chi connectivity index (χ3n) is 10.0. The molecule has 320 valence electrons. The van der Waals surface area contributed by atoms with Gasteiger partial charge in [-0.15, -0.1) is 5.10 Å². The highest BCUT2D eigenvalue weighted by atomic mass is 32.2. The topological polar surface area (TPSA) is 204 Å². The van der Waals surface area contributed by atoms with E-state index in [4.69, 9.17) is 9.11 Å². The number of amides is 2. The molecule has 3 unspecified atom stereocenters. The number of aryl methyl sites for hydroxylation is 2. The maximum absolute atomic E-state index is 13.4. The highest BCUT2D eigenvalue weighted by Crippen LogP contribution is 2.40. The molecule has 1 saturated carbocycles. The number of nitrogens with one attached hydrogen (secondary N) is 2. The minimum atomic E-state index is -4.02. The second-order valence-electron chi connectivity index (χ2n) is 14.7. The molecule has 1 aromatic heterocycles. The molecule has 15 nitrogen and oxygen atoms in total. The van der Waals surface area contributed by atoms with Crippen LogP contribution in [0.3, 0.4) is 0 Å². The molecule has 2 fully saturated rings. The van der Waals surface area contributed by atoms with Crippen LogP contribution in [0.2, 0.25) is 0 Å². The van der Waals surface area contributed by atoms with Gasteiger partial charge in [0.1, 0.15) is 11.9 Å². The van der Waals surface area contributed by atoms with Crippen molar-refractivity contribution in [2.24, 2.45) is 0 Å². The maximum atomic E-state index is 13.4. The van der Waals surface area contributed by atoms with Crippen LogP contribution in [0.4, 0.5) is 4.39 Å². The molecule has 4 aromatic carbocycles. The normalized spacial score (nSPS) is 17.0. The summed E-state index contributed by atoms with van der Waals surface area (Å²) >= 11 is 0. The number of halogens is 1. The SMILES string of the molecule is CN1CCN(C(=O)C(CCCNC2CC2c2ccc(F)cc2)NC(=O)c2ccc(-n3ccnn3)cc2)CC1.Cc1ccc(S(=O)(=O)O)cc1.Cc1ccc(S(=O)(=O)O)cc1. The van der Waals surface area contributed by atoms with Crippen LogP contribution in [0.1, 0.15) is 52.2 Å². The van der Waals surface area contributed by atoms with Gasteiger partial charge in [-0.25, -0.2) is 9.07 Å². The highest BCUT2D eigenvalue weighted by molar-refractivity contribution is 7.86. The van der Waals surface area contributed by atoms with Crippen LogP contribution < -0.4 is 10.6 Å². The van der Waals surface area contributed by atoms with E-state index in [0.717, 1.165) is 54.9 Å². The number of benzene rings is 4. The second kappa shape index (κ2) is 20.7. The molecule has 0 radical (unpaired) electrons. The molecule has 2 aliphatic rings. The predicted molar refractivity (Wildman–Crippen MR) is 223 cm³/mol. The van der Waals surface area contributed by atoms with Gasteiger partial charge in [-0.05, 0) is 113 Å². The molecule has 7 rings (SSSR count). The number of aromatic nitrogens is 3. The van der Waals surface area contributed by atoms with E-state index >= 15 is 0 Å². The molecule has 2 heterocycles. The molecule has 1 saturated heterocycles. The third kappa shape index (κ3) is 13.9. The summed E-state index contributed by atoms with van der Waals surface area (Å²) in [5.41, 5.74) is 4.35. The number of piperazine rings is 1. The maximum Gasteiger partial charge on any atom is 0.294 e. The van der Waals surface area contributed by atoms with E-state index < -0.39 is 26.3 Å². The summed E-state index contributed by atoms with van der Waals surface area (Å²) in [7, 11) is -5.99. The van der Waals surface area contributed by atoms with Crippen LogP contribution in [-0.2, 0) is 25.0 Å². The van der Waals surface area contributed by atoms with Crippen molar-refractivity contribution in [1.82, 2.24) is 35.4 Å². The van der Waals surface area contributed by atoms with Gasteiger partial charge in [-0.1, -0.05) is 52.7 Å². The number of rotatable bonds is 12. The molecular weight excluding hydrogens is 814 g/mol. The summed E-state index contributed by atoms with van der Waals surface area (Å²) < 4.78 is 73.9. The summed E-state index contributed by atoms with van der Waals surface area (Å²) in [5, 5.41) is 14.3. The summed E-state index contributed by atoms with van der Waals surface area (Å²) in [6.45, 7) is 7.40. The molecule has 4 N–H and O–H groups in total. The van der Waals surface area contributed by atoms with Crippen molar-refractivity contribution in [2.75, 3.05) is 39.8 Å². The molecule has 0 bridgehead atoms. The fourth-order valence-electron chi connectivity index (χ4n) is 6.37. The van der Waals surface area contributed by atoms with Crippen molar-refractivity contribution < 1.29 is 39.9 Å². The Hall–Kier alpha value is -5.37. The monoisotopic (exact) mass is 863 g/mol. The zero-order valence-corrected chi connectivity index (χ0v) is 35.2. The van der Waals surface area contributed by atoms with Gasteiger partial charge < -0.3 is 20.4 Å². The molecule has 3 atom stereocenters. The number of carbonyl (C=O) groups excluding carboxylic acids is 2. The number of nitrogens with zero attached hydrogens (tertiary/aromatic N) is 5. The minimum absolute atomic E-state index is 0.0266. The predicted octanol–water partition coefficient (Wildman–Crippen LogP) is 4.69. The molecule has 1 aliphatic heterocycles. The van der Waals surface area contributed by atoms with E-state index in [1.165, 1.54) is 36.4 Å². The van der Waals surface area contributed by atoms with E-state index in [1.54, 1.807) is 65.6 Å². The third-order valence-corrected chi connectivity index (χ3v) is 11.8. The van der Waals surface area contributed by atoms with Crippen molar-refractivity contribution in [1.29, 1.82) is 0 Å². The summed E-state index contributed by atoms with van der Waals surface area (Å²) in [5.74, 6) is -0.114. The van der Waals surface area contributed by atoms with Crippen LogP contribution in [0, 0.1) is 19.7 Å². The number of hydrogen-bond acceptors (Lipinski definition) is 10. The Morgan fingerprint density at radius 1 is 0.800 bits per heavy atom. The van der Waals surface area contributed by atoms with Crippen LogP contribution in [0.25, 0.3) is 5.69 Å². The summed E-state index contributed by atoms with van der Waals surface area (Å²) in [6, 6.07) is 25.5. The fourth-order valence-corrected chi connectivity index (χ4v) is 7.33. The highest BCUT2D eigenvalue weighted by Gasteiger charge is 2.37. The number of hydrogen-bond donors (Lipinski definition) is 4. The quantitative estimate of drug-likeness (QED) is 0.0997. The molecule has 1 aliphatic carbocycles. The first kappa shape index (κ1) is 45.7. The van der Waals surface area contributed by atoms with E-state index in [9.17, 15) is 30.8 Å². The number of carbonyl (C=O) groups is 2. The van der Waals surface area contributed by atoms with Crippen molar-refractivity contribution in [3.63, 3.8) is 0 Å². The Morgan fingerprint density at radius 2 is 1.35 bits per heavy atom. The lowest BCUT2D eigenvalue weighted by molar-refractivity contribution is -0.135. The lowest BCUT2D eigenvalue weighted by Crippen LogP contribution is -2.54. The second-order valence-corrected chi connectivity index (χ2v) is 17.6. The fraction of sp³-hybridized carbons (Fsp3) is 0.333. The Kier molecular flexibility index (Phi) is 15.8. The average Bonchev–Trinajstić information content (AvgIpc) is 3.77. The Labute approximate surface area is 350 Å². The van der Waals surface area contributed by atoms with Gasteiger partial charge in [-0.3, -0.25) is 18.7 Å². The van der Waals surface area contributed by atoms with Crippen molar-refractivity contribution in [3.8, 4) is 5.69 Å². The van der Waals surface area contributed by atoms with Crippen molar-refractivity contribution >= 4 is 32.1 Å². The Balaban J connectivity index is 0.000000252. The van der Waals surface area contributed by atoms with Crippen molar-refractivity contribution in [3.05, 3.63) is 138 Å². The van der Waals surface area contributed by atoms with Crippen LogP contribution >= 0.6 is 0 Å². The number of likely N-dealkylation sites (N-methyl/N-ethyl adjacent to an activating group) is 1. The van der Waals surface area contributed by atoms with Crippen molar-refractivity contribution in [2.45, 2.75) is 60.9 Å². The van der Waals surface area contributed by atoms with E-state index in [1.807, 2.05) is 37.9 Å². The van der Waals surface area contributed by atoms with E-state index in [2.05, 4.69) is 25.8 Å². The van der Waals surface area contributed by atoms with Gasteiger partial charge >= 0.3 is 0 Å². The first-order valence-corrected chi connectivity index (χ1v) is 22.2. The first-order valence-electron chi connectivity index (χ1n) is 19.3. The van der Waals surface area contributed by atoms with Gasteiger partial charge in [0.2, 0.25) is 5.91 Å². The molecule has 2 amide bonds. The van der Waals surface area contributed by atoms with Gasteiger partial charge in [0, 0.05) is 43.7 Å². The molecule has 60 heavy (non-hydrogen) atoms. The lowest BCUT2D eigenvalue weighted by Gasteiger charge is -2.34. The zero-order valence-electron chi connectivity index (χ0n) is 33.6.